The maximum absolute atomic E-state index is 5.66. The van der Waals surface area contributed by atoms with Gasteiger partial charge in [-0.05, 0) is 31.5 Å². The van der Waals surface area contributed by atoms with Gasteiger partial charge in [0, 0.05) is 39.9 Å². The van der Waals surface area contributed by atoms with Crippen LogP contribution in [0.15, 0.2) is 18.3 Å². The van der Waals surface area contributed by atoms with Crippen molar-refractivity contribution in [2.24, 2.45) is 0 Å². The van der Waals surface area contributed by atoms with Gasteiger partial charge in [-0.3, -0.25) is 4.90 Å². The number of hydrogen-bond donors (Lipinski definition) is 1. The highest BCUT2D eigenvalue weighted by Gasteiger charge is 2.17. The number of nitrogens with zero attached hydrogens (tertiary/aromatic N) is 3. The van der Waals surface area contributed by atoms with Crippen LogP contribution in [0.2, 0.25) is 0 Å². The molecule has 19 heavy (non-hydrogen) atoms. The summed E-state index contributed by atoms with van der Waals surface area (Å²) in [6, 6.07) is 3.92. The van der Waals surface area contributed by atoms with E-state index in [0.29, 0.717) is 0 Å². The minimum Gasteiger partial charge on any atom is -0.397 e. The molecule has 1 saturated heterocycles. The second-order valence-corrected chi connectivity index (χ2v) is 4.98. The van der Waals surface area contributed by atoms with Crippen molar-refractivity contribution in [3.8, 4) is 0 Å². The van der Waals surface area contributed by atoms with Crippen LogP contribution in [0, 0.1) is 0 Å². The predicted octanol–water partition coefficient (Wildman–Crippen LogP) is 1.21. The van der Waals surface area contributed by atoms with Gasteiger partial charge in [-0.25, -0.2) is 4.98 Å². The Labute approximate surface area is 115 Å². The van der Waals surface area contributed by atoms with Crippen LogP contribution in [-0.2, 0) is 4.74 Å². The lowest BCUT2D eigenvalue weighted by atomic mass is 10.2. The fraction of sp³-hybridized carbons (Fsp3) is 0.643. The number of unbranched alkanes of at least 4 members (excludes halogenated alkanes) is 1. The monoisotopic (exact) mass is 264 g/mol. The third kappa shape index (κ3) is 4.36. The summed E-state index contributed by atoms with van der Waals surface area (Å²) in [5.41, 5.74) is 6.38. The van der Waals surface area contributed by atoms with Gasteiger partial charge in [-0.1, -0.05) is 0 Å². The van der Waals surface area contributed by atoms with Gasteiger partial charge in [0.15, 0.2) is 0 Å². The van der Waals surface area contributed by atoms with Crippen LogP contribution >= 0.6 is 0 Å². The number of nitrogens with two attached hydrogens (primary N) is 1. The fourth-order valence-electron chi connectivity index (χ4n) is 2.37. The molecule has 5 nitrogen and oxygen atoms in total. The van der Waals surface area contributed by atoms with Crippen molar-refractivity contribution in [1.29, 1.82) is 0 Å². The van der Waals surface area contributed by atoms with E-state index in [-0.39, 0.29) is 0 Å². The van der Waals surface area contributed by atoms with Crippen molar-refractivity contribution in [2.45, 2.75) is 12.8 Å². The number of ether oxygens (including phenoxy) is 1. The number of rotatable bonds is 6. The van der Waals surface area contributed by atoms with E-state index in [0.717, 1.165) is 50.7 Å². The van der Waals surface area contributed by atoms with Crippen molar-refractivity contribution in [2.75, 3.05) is 57.1 Å². The second kappa shape index (κ2) is 7.31. The van der Waals surface area contributed by atoms with Gasteiger partial charge in [0.25, 0.3) is 0 Å². The molecular formula is C14H24N4O. The number of piperazine rings is 1. The number of anilines is 2. The zero-order valence-electron chi connectivity index (χ0n) is 11.7. The molecule has 0 bridgehead atoms. The van der Waals surface area contributed by atoms with E-state index in [2.05, 4.69) is 14.8 Å². The highest BCUT2D eigenvalue weighted by atomic mass is 16.5. The zero-order valence-corrected chi connectivity index (χ0v) is 11.7. The molecule has 2 heterocycles. The van der Waals surface area contributed by atoms with Crippen LogP contribution in [0.3, 0.4) is 0 Å². The van der Waals surface area contributed by atoms with E-state index in [4.69, 9.17) is 10.5 Å². The van der Waals surface area contributed by atoms with Crippen LogP contribution in [-0.4, -0.2) is 56.3 Å². The lowest BCUT2D eigenvalue weighted by molar-refractivity contribution is 0.182. The Morgan fingerprint density at radius 1 is 1.21 bits per heavy atom. The molecule has 1 aromatic rings. The molecule has 2 rings (SSSR count). The maximum Gasteiger partial charge on any atom is 0.128 e. The van der Waals surface area contributed by atoms with Gasteiger partial charge in [0.1, 0.15) is 5.82 Å². The maximum atomic E-state index is 5.66. The molecule has 1 aliphatic rings. The highest BCUT2D eigenvalue weighted by molar-refractivity contribution is 5.46. The average Bonchev–Trinajstić information content (AvgIpc) is 2.45. The van der Waals surface area contributed by atoms with E-state index < -0.39 is 0 Å². The summed E-state index contributed by atoms with van der Waals surface area (Å²) < 4.78 is 5.07. The number of methoxy groups -OCH3 is 1. The summed E-state index contributed by atoms with van der Waals surface area (Å²) in [6.45, 7) is 6.35. The quantitative estimate of drug-likeness (QED) is 0.783. The molecule has 1 aromatic heterocycles. The van der Waals surface area contributed by atoms with Crippen LogP contribution in [0.4, 0.5) is 11.5 Å². The first-order chi connectivity index (χ1) is 9.29. The molecule has 0 aliphatic carbocycles. The summed E-state index contributed by atoms with van der Waals surface area (Å²) in [5, 5.41) is 0. The number of aromatic nitrogens is 1. The molecule has 106 valence electrons. The first-order valence-corrected chi connectivity index (χ1v) is 6.97. The molecule has 0 amide bonds. The Bertz CT molecular complexity index is 360. The first kappa shape index (κ1) is 14.1. The van der Waals surface area contributed by atoms with E-state index in [1.807, 2.05) is 12.1 Å². The molecule has 0 saturated carbocycles. The summed E-state index contributed by atoms with van der Waals surface area (Å²) in [6.07, 6.45) is 4.09. The molecule has 1 aliphatic heterocycles. The molecular weight excluding hydrogens is 240 g/mol. The molecule has 0 atom stereocenters. The lowest BCUT2D eigenvalue weighted by Crippen LogP contribution is -2.46. The highest BCUT2D eigenvalue weighted by Crippen LogP contribution is 2.14. The largest absolute Gasteiger partial charge is 0.397 e. The van der Waals surface area contributed by atoms with E-state index in [1.54, 1.807) is 13.3 Å². The lowest BCUT2D eigenvalue weighted by Gasteiger charge is -2.35. The van der Waals surface area contributed by atoms with E-state index in [1.165, 1.54) is 13.0 Å². The van der Waals surface area contributed by atoms with Crippen molar-refractivity contribution >= 4 is 11.5 Å². The Balaban J connectivity index is 1.71. The van der Waals surface area contributed by atoms with Crippen LogP contribution in [0.1, 0.15) is 12.8 Å². The van der Waals surface area contributed by atoms with Crippen molar-refractivity contribution in [1.82, 2.24) is 9.88 Å². The Hall–Kier alpha value is -1.33. The van der Waals surface area contributed by atoms with Gasteiger partial charge in [0.2, 0.25) is 0 Å². The standard InChI is InChI=1S/C14H24N4O/c1-19-11-3-2-6-17-7-9-18(10-8-17)14-5-4-13(15)12-16-14/h4-5,12H,2-3,6-11,15H2,1H3. The van der Waals surface area contributed by atoms with Crippen LogP contribution < -0.4 is 10.6 Å². The summed E-state index contributed by atoms with van der Waals surface area (Å²) in [5.74, 6) is 1.04. The number of nitrogen functional groups attached to an aromatic ring is 1. The average molecular weight is 264 g/mol. The van der Waals surface area contributed by atoms with Gasteiger partial charge >= 0.3 is 0 Å². The number of pyridine rings is 1. The van der Waals surface area contributed by atoms with Gasteiger partial charge < -0.3 is 15.4 Å². The summed E-state index contributed by atoms with van der Waals surface area (Å²) in [7, 11) is 1.76. The third-order valence-corrected chi connectivity index (χ3v) is 3.54. The normalized spacial score (nSPS) is 16.8. The third-order valence-electron chi connectivity index (χ3n) is 3.54. The van der Waals surface area contributed by atoms with Crippen LogP contribution in [0.25, 0.3) is 0 Å². The Morgan fingerprint density at radius 2 is 2.00 bits per heavy atom. The predicted molar refractivity (Wildman–Crippen MR) is 78.4 cm³/mol. The molecule has 5 heteroatoms. The summed E-state index contributed by atoms with van der Waals surface area (Å²) in [4.78, 5) is 9.22. The second-order valence-electron chi connectivity index (χ2n) is 4.98. The Morgan fingerprint density at radius 3 is 2.63 bits per heavy atom. The van der Waals surface area contributed by atoms with E-state index in [9.17, 15) is 0 Å². The minimum atomic E-state index is 0.723. The fourth-order valence-corrected chi connectivity index (χ4v) is 2.37. The van der Waals surface area contributed by atoms with Crippen molar-refractivity contribution < 1.29 is 4.74 Å². The van der Waals surface area contributed by atoms with Gasteiger partial charge in [0.05, 0.1) is 11.9 Å². The van der Waals surface area contributed by atoms with Crippen LogP contribution in [0.5, 0.6) is 0 Å². The smallest absolute Gasteiger partial charge is 0.128 e. The molecule has 1 fully saturated rings. The molecule has 0 spiro atoms. The Kier molecular flexibility index (Phi) is 5.42. The van der Waals surface area contributed by atoms with Gasteiger partial charge in [-0.15, -0.1) is 0 Å². The topological polar surface area (TPSA) is 54.6 Å². The molecule has 2 N–H and O–H groups in total. The zero-order chi connectivity index (χ0) is 13.5. The van der Waals surface area contributed by atoms with Crippen molar-refractivity contribution in [3.63, 3.8) is 0 Å². The SMILES string of the molecule is COCCCCN1CCN(c2ccc(N)cn2)CC1. The first-order valence-electron chi connectivity index (χ1n) is 6.97. The molecule has 0 aromatic carbocycles. The van der Waals surface area contributed by atoms with Gasteiger partial charge in [-0.2, -0.15) is 0 Å². The number of hydrogen-bond acceptors (Lipinski definition) is 5. The molecule has 0 unspecified atom stereocenters. The van der Waals surface area contributed by atoms with E-state index >= 15 is 0 Å². The molecule has 0 radical (unpaired) electrons. The summed E-state index contributed by atoms with van der Waals surface area (Å²) >= 11 is 0. The van der Waals surface area contributed by atoms with Crippen molar-refractivity contribution in [3.05, 3.63) is 18.3 Å². The minimum absolute atomic E-state index is 0.723.